The molecule has 0 aromatic heterocycles. The second kappa shape index (κ2) is 5.66. The molecule has 0 saturated carbocycles. The second-order valence-electron chi connectivity index (χ2n) is 4.72. The standard InChI is InChI=1S/C12H17ClN2O3S/c1-8(9-4-5-18-7-9)15-19(16,17)10-2-3-12(14)11(13)6-10/h2-3,6,8-9,15H,4-5,7,14H2,1H3. The Morgan fingerprint density at radius 3 is 2.84 bits per heavy atom. The van der Waals surface area contributed by atoms with Crippen LogP contribution in [0.4, 0.5) is 5.69 Å². The number of anilines is 1. The Labute approximate surface area is 118 Å². The van der Waals surface area contributed by atoms with Gasteiger partial charge in [-0.1, -0.05) is 11.6 Å². The van der Waals surface area contributed by atoms with Crippen LogP contribution in [0.2, 0.25) is 5.02 Å². The number of hydrogen-bond donors (Lipinski definition) is 2. The largest absolute Gasteiger partial charge is 0.398 e. The van der Waals surface area contributed by atoms with E-state index in [1.165, 1.54) is 18.2 Å². The highest BCUT2D eigenvalue weighted by molar-refractivity contribution is 7.89. The van der Waals surface area contributed by atoms with Gasteiger partial charge in [-0.15, -0.1) is 0 Å². The topological polar surface area (TPSA) is 81.4 Å². The fourth-order valence-electron chi connectivity index (χ4n) is 2.03. The molecule has 7 heteroatoms. The maximum atomic E-state index is 12.2. The van der Waals surface area contributed by atoms with Gasteiger partial charge in [-0.25, -0.2) is 13.1 Å². The van der Waals surface area contributed by atoms with Gasteiger partial charge in [0, 0.05) is 18.6 Å². The summed E-state index contributed by atoms with van der Waals surface area (Å²) in [6.07, 6.45) is 0.867. The van der Waals surface area contributed by atoms with Crippen LogP contribution in [0.25, 0.3) is 0 Å². The first-order valence-corrected chi connectivity index (χ1v) is 7.91. The molecule has 1 saturated heterocycles. The van der Waals surface area contributed by atoms with Crippen LogP contribution in [0, 0.1) is 5.92 Å². The van der Waals surface area contributed by atoms with Gasteiger partial charge in [0.15, 0.2) is 0 Å². The molecular weight excluding hydrogens is 288 g/mol. The van der Waals surface area contributed by atoms with E-state index < -0.39 is 10.0 Å². The molecular formula is C12H17ClN2O3S. The fraction of sp³-hybridized carbons (Fsp3) is 0.500. The maximum Gasteiger partial charge on any atom is 0.240 e. The van der Waals surface area contributed by atoms with Crippen LogP contribution < -0.4 is 10.5 Å². The minimum absolute atomic E-state index is 0.123. The van der Waals surface area contributed by atoms with Gasteiger partial charge in [0.1, 0.15) is 0 Å². The van der Waals surface area contributed by atoms with Crippen molar-refractivity contribution in [3.05, 3.63) is 23.2 Å². The van der Waals surface area contributed by atoms with E-state index in [-0.39, 0.29) is 21.9 Å². The lowest BCUT2D eigenvalue weighted by molar-refractivity contribution is 0.180. The zero-order valence-electron chi connectivity index (χ0n) is 10.6. The molecule has 3 N–H and O–H groups in total. The lowest BCUT2D eigenvalue weighted by Gasteiger charge is -2.19. The van der Waals surface area contributed by atoms with E-state index in [2.05, 4.69) is 4.72 Å². The van der Waals surface area contributed by atoms with Crippen LogP contribution in [0.5, 0.6) is 0 Å². The lowest BCUT2D eigenvalue weighted by atomic mass is 10.0. The second-order valence-corrected chi connectivity index (χ2v) is 6.84. The summed E-state index contributed by atoms with van der Waals surface area (Å²) in [6.45, 7) is 3.12. The number of nitrogens with two attached hydrogens (primary N) is 1. The quantitative estimate of drug-likeness (QED) is 0.828. The smallest absolute Gasteiger partial charge is 0.240 e. The molecule has 19 heavy (non-hydrogen) atoms. The number of halogens is 1. The van der Waals surface area contributed by atoms with E-state index in [1.54, 1.807) is 0 Å². The van der Waals surface area contributed by atoms with Crippen LogP contribution >= 0.6 is 11.6 Å². The first-order chi connectivity index (χ1) is 8.90. The van der Waals surface area contributed by atoms with Crippen molar-refractivity contribution < 1.29 is 13.2 Å². The van der Waals surface area contributed by atoms with Crippen molar-refractivity contribution in [3.8, 4) is 0 Å². The lowest BCUT2D eigenvalue weighted by Crippen LogP contribution is -2.38. The third-order valence-corrected chi connectivity index (χ3v) is 5.18. The summed E-state index contributed by atoms with van der Waals surface area (Å²) in [6, 6.07) is 4.11. The van der Waals surface area contributed by atoms with Gasteiger partial charge in [0.25, 0.3) is 0 Å². The van der Waals surface area contributed by atoms with Crippen molar-refractivity contribution in [1.82, 2.24) is 4.72 Å². The molecule has 0 aliphatic carbocycles. The van der Waals surface area contributed by atoms with Crippen molar-refractivity contribution in [3.63, 3.8) is 0 Å². The molecule has 2 unspecified atom stereocenters. The van der Waals surface area contributed by atoms with E-state index in [1.807, 2.05) is 6.92 Å². The molecule has 0 spiro atoms. The Balaban J connectivity index is 2.15. The summed E-state index contributed by atoms with van der Waals surface area (Å²) >= 11 is 5.85. The third kappa shape index (κ3) is 3.39. The number of nitrogen functional groups attached to an aromatic ring is 1. The van der Waals surface area contributed by atoms with Crippen molar-refractivity contribution in [2.75, 3.05) is 18.9 Å². The van der Waals surface area contributed by atoms with Gasteiger partial charge < -0.3 is 10.5 Å². The van der Waals surface area contributed by atoms with Crippen molar-refractivity contribution in [2.24, 2.45) is 5.92 Å². The average molecular weight is 305 g/mol. The van der Waals surface area contributed by atoms with Gasteiger partial charge in [-0.2, -0.15) is 0 Å². The van der Waals surface area contributed by atoms with Gasteiger partial charge in [0.2, 0.25) is 10.0 Å². The van der Waals surface area contributed by atoms with Crippen molar-refractivity contribution in [2.45, 2.75) is 24.3 Å². The number of ether oxygens (including phenoxy) is 1. The van der Waals surface area contributed by atoms with E-state index in [4.69, 9.17) is 22.1 Å². The number of rotatable bonds is 4. The number of hydrogen-bond acceptors (Lipinski definition) is 4. The Bertz CT molecular complexity index is 556. The van der Waals surface area contributed by atoms with Crippen LogP contribution in [0.3, 0.4) is 0 Å². The molecule has 0 radical (unpaired) electrons. The van der Waals surface area contributed by atoms with Crippen LogP contribution in [0.15, 0.2) is 23.1 Å². The Morgan fingerprint density at radius 1 is 1.53 bits per heavy atom. The first-order valence-electron chi connectivity index (χ1n) is 6.05. The van der Waals surface area contributed by atoms with E-state index >= 15 is 0 Å². The zero-order valence-corrected chi connectivity index (χ0v) is 12.2. The van der Waals surface area contributed by atoms with Gasteiger partial charge in [-0.3, -0.25) is 0 Å². The summed E-state index contributed by atoms with van der Waals surface area (Å²) in [5.41, 5.74) is 5.93. The fourth-order valence-corrected chi connectivity index (χ4v) is 3.61. The first kappa shape index (κ1) is 14.6. The molecule has 1 aliphatic rings. The summed E-state index contributed by atoms with van der Waals surface area (Å²) < 4.78 is 32.3. The molecule has 2 rings (SSSR count). The van der Waals surface area contributed by atoms with Crippen molar-refractivity contribution in [1.29, 1.82) is 0 Å². The monoisotopic (exact) mass is 304 g/mol. The predicted molar refractivity (Wildman–Crippen MR) is 74.6 cm³/mol. The minimum atomic E-state index is -3.58. The molecule has 1 heterocycles. The van der Waals surface area contributed by atoms with E-state index in [9.17, 15) is 8.42 Å². The molecule has 1 aliphatic heterocycles. The Hall–Kier alpha value is -0.820. The highest BCUT2D eigenvalue weighted by Gasteiger charge is 2.26. The molecule has 5 nitrogen and oxygen atoms in total. The van der Waals surface area contributed by atoms with Gasteiger partial charge in [0.05, 0.1) is 22.2 Å². The predicted octanol–water partition coefficient (Wildman–Crippen LogP) is 1.63. The van der Waals surface area contributed by atoms with Gasteiger partial charge in [-0.05, 0) is 31.5 Å². The molecule has 2 atom stereocenters. The average Bonchev–Trinajstić information content (AvgIpc) is 2.85. The summed E-state index contributed by atoms with van der Waals surface area (Å²) in [5.74, 6) is 0.207. The van der Waals surface area contributed by atoms with E-state index in [0.29, 0.717) is 18.9 Å². The molecule has 0 bridgehead atoms. The number of benzene rings is 1. The molecule has 1 aromatic rings. The third-order valence-electron chi connectivity index (χ3n) is 3.30. The van der Waals surface area contributed by atoms with Crippen LogP contribution in [0.1, 0.15) is 13.3 Å². The number of nitrogens with one attached hydrogen (secondary N) is 1. The number of sulfonamides is 1. The van der Waals surface area contributed by atoms with Gasteiger partial charge >= 0.3 is 0 Å². The Kier molecular flexibility index (Phi) is 4.35. The summed E-state index contributed by atoms with van der Waals surface area (Å²) in [4.78, 5) is 0.123. The maximum absolute atomic E-state index is 12.2. The molecule has 1 fully saturated rings. The highest BCUT2D eigenvalue weighted by atomic mass is 35.5. The summed E-state index contributed by atoms with van der Waals surface area (Å²) in [7, 11) is -3.58. The molecule has 0 amide bonds. The van der Waals surface area contributed by atoms with Crippen LogP contribution in [-0.2, 0) is 14.8 Å². The van der Waals surface area contributed by atoms with Crippen molar-refractivity contribution >= 4 is 27.3 Å². The van der Waals surface area contributed by atoms with E-state index in [0.717, 1.165) is 6.42 Å². The molecule has 106 valence electrons. The minimum Gasteiger partial charge on any atom is -0.398 e. The normalized spacial score (nSPS) is 21.5. The molecule has 1 aromatic carbocycles. The van der Waals surface area contributed by atoms with Crippen LogP contribution in [-0.4, -0.2) is 27.7 Å². The SMILES string of the molecule is CC(NS(=O)(=O)c1ccc(N)c(Cl)c1)C1CCOC1. The zero-order chi connectivity index (χ0) is 14.0. The Morgan fingerprint density at radius 2 is 2.26 bits per heavy atom. The highest BCUT2D eigenvalue weighted by Crippen LogP contribution is 2.23. The summed E-state index contributed by atoms with van der Waals surface area (Å²) in [5, 5.41) is 0.236.